The molecule has 1 aromatic heterocycles. The summed E-state index contributed by atoms with van der Waals surface area (Å²) in [7, 11) is 0. The third kappa shape index (κ3) is 3.30. The molecular weight excluding hydrogens is 240 g/mol. The van der Waals surface area contributed by atoms with Crippen molar-refractivity contribution >= 4 is 5.91 Å². The Hall–Kier alpha value is -1.46. The molecule has 2 atom stereocenters. The Morgan fingerprint density at radius 2 is 2.32 bits per heavy atom. The van der Waals surface area contributed by atoms with Crippen LogP contribution in [0.3, 0.4) is 0 Å². The number of nitrogens with zero attached hydrogens (tertiary/aromatic N) is 2. The highest BCUT2D eigenvalue weighted by atomic mass is 16.1. The molecule has 0 spiro atoms. The second-order valence-corrected chi connectivity index (χ2v) is 5.27. The number of carbonyl (C=O) groups is 1. The molecule has 1 aliphatic rings. The molecule has 1 aromatic rings. The molecule has 1 amide bonds. The highest BCUT2D eigenvalue weighted by Crippen LogP contribution is 2.24. The largest absolute Gasteiger partial charge is 0.369 e. The van der Waals surface area contributed by atoms with E-state index in [-0.39, 0.29) is 11.8 Å². The molecule has 2 rings (SSSR count). The number of likely N-dealkylation sites (tertiary alicyclic amines) is 1. The zero-order chi connectivity index (χ0) is 13.8. The lowest BCUT2D eigenvalue weighted by atomic mass is 9.92. The SMILES string of the molecule is CC1CCC(C(N)=O)CN1Cc1cccnc1CN. The first-order valence-corrected chi connectivity index (χ1v) is 6.78. The standard InChI is InChI=1S/C14H22N4O/c1-10-4-5-12(14(16)19)9-18(10)8-11-3-2-6-17-13(11)7-15/h2-3,6,10,12H,4-5,7-9,15H2,1H3,(H2,16,19). The minimum Gasteiger partial charge on any atom is -0.369 e. The van der Waals surface area contributed by atoms with Gasteiger partial charge in [-0.05, 0) is 31.4 Å². The number of carbonyl (C=O) groups excluding carboxylic acids is 1. The summed E-state index contributed by atoms with van der Waals surface area (Å²) in [4.78, 5) is 17.9. The molecule has 0 bridgehead atoms. The van der Waals surface area contributed by atoms with E-state index < -0.39 is 0 Å². The van der Waals surface area contributed by atoms with Crippen molar-refractivity contribution < 1.29 is 4.79 Å². The van der Waals surface area contributed by atoms with Gasteiger partial charge in [0.05, 0.1) is 11.6 Å². The fraction of sp³-hybridized carbons (Fsp3) is 0.571. The van der Waals surface area contributed by atoms with E-state index in [2.05, 4.69) is 22.9 Å². The lowest BCUT2D eigenvalue weighted by Gasteiger charge is -2.37. The molecule has 4 N–H and O–H groups in total. The average molecular weight is 262 g/mol. The van der Waals surface area contributed by atoms with Gasteiger partial charge in [0.15, 0.2) is 0 Å². The Morgan fingerprint density at radius 3 is 3.00 bits per heavy atom. The molecule has 104 valence electrons. The summed E-state index contributed by atoms with van der Waals surface area (Å²) < 4.78 is 0. The van der Waals surface area contributed by atoms with Gasteiger partial charge in [-0.2, -0.15) is 0 Å². The third-order valence-electron chi connectivity index (χ3n) is 3.96. The Morgan fingerprint density at radius 1 is 1.53 bits per heavy atom. The number of aromatic nitrogens is 1. The molecular formula is C14H22N4O. The summed E-state index contributed by atoms with van der Waals surface area (Å²) in [6, 6.07) is 4.44. The average Bonchev–Trinajstić information content (AvgIpc) is 2.41. The first-order valence-electron chi connectivity index (χ1n) is 6.78. The van der Waals surface area contributed by atoms with Gasteiger partial charge in [-0.1, -0.05) is 6.07 Å². The van der Waals surface area contributed by atoms with Crippen LogP contribution >= 0.6 is 0 Å². The van der Waals surface area contributed by atoms with Crippen LogP contribution in [0.5, 0.6) is 0 Å². The van der Waals surface area contributed by atoms with Crippen LogP contribution in [0.4, 0.5) is 0 Å². The number of piperidine rings is 1. The van der Waals surface area contributed by atoms with Gasteiger partial charge < -0.3 is 11.5 Å². The van der Waals surface area contributed by atoms with Gasteiger partial charge in [0, 0.05) is 31.9 Å². The maximum Gasteiger partial charge on any atom is 0.221 e. The Kier molecular flexibility index (Phi) is 4.50. The topological polar surface area (TPSA) is 85.2 Å². The molecule has 19 heavy (non-hydrogen) atoms. The molecule has 5 heteroatoms. The van der Waals surface area contributed by atoms with Crippen molar-refractivity contribution in [1.82, 2.24) is 9.88 Å². The highest BCUT2D eigenvalue weighted by molar-refractivity contribution is 5.76. The summed E-state index contributed by atoms with van der Waals surface area (Å²) in [5, 5.41) is 0. The predicted octanol–water partition coefficient (Wildman–Crippen LogP) is 0.626. The van der Waals surface area contributed by atoms with Crippen molar-refractivity contribution in [3.8, 4) is 0 Å². The van der Waals surface area contributed by atoms with Gasteiger partial charge in [0.2, 0.25) is 5.91 Å². The zero-order valence-corrected chi connectivity index (χ0v) is 11.4. The Labute approximate surface area is 114 Å². The maximum absolute atomic E-state index is 11.3. The molecule has 2 unspecified atom stereocenters. The third-order valence-corrected chi connectivity index (χ3v) is 3.96. The molecule has 2 heterocycles. The second kappa shape index (κ2) is 6.12. The van der Waals surface area contributed by atoms with Crippen LogP contribution in [0.25, 0.3) is 0 Å². The molecule has 5 nitrogen and oxygen atoms in total. The quantitative estimate of drug-likeness (QED) is 0.833. The van der Waals surface area contributed by atoms with Gasteiger partial charge in [-0.15, -0.1) is 0 Å². The van der Waals surface area contributed by atoms with Crippen molar-refractivity contribution in [1.29, 1.82) is 0 Å². The fourth-order valence-electron chi connectivity index (χ4n) is 2.65. The van der Waals surface area contributed by atoms with E-state index in [1.165, 1.54) is 0 Å². The number of amides is 1. The number of hydrogen-bond donors (Lipinski definition) is 2. The van der Waals surface area contributed by atoms with Crippen LogP contribution in [0.1, 0.15) is 31.0 Å². The molecule has 0 saturated carbocycles. The van der Waals surface area contributed by atoms with Crippen molar-refractivity contribution in [3.05, 3.63) is 29.6 Å². The predicted molar refractivity (Wildman–Crippen MR) is 73.9 cm³/mol. The minimum atomic E-state index is -0.192. The van der Waals surface area contributed by atoms with Crippen LogP contribution < -0.4 is 11.5 Å². The number of primary amides is 1. The van der Waals surface area contributed by atoms with Crippen LogP contribution in [-0.2, 0) is 17.9 Å². The number of nitrogens with two attached hydrogens (primary N) is 2. The van der Waals surface area contributed by atoms with Crippen LogP contribution in [0, 0.1) is 5.92 Å². The van der Waals surface area contributed by atoms with E-state index >= 15 is 0 Å². The number of pyridine rings is 1. The second-order valence-electron chi connectivity index (χ2n) is 5.27. The van der Waals surface area contributed by atoms with E-state index in [4.69, 9.17) is 11.5 Å². The smallest absolute Gasteiger partial charge is 0.221 e. The maximum atomic E-state index is 11.3. The van der Waals surface area contributed by atoms with Crippen LogP contribution in [-0.4, -0.2) is 28.4 Å². The van der Waals surface area contributed by atoms with E-state index in [0.717, 1.165) is 37.2 Å². The molecule has 1 fully saturated rings. The van der Waals surface area contributed by atoms with E-state index in [1.54, 1.807) is 6.20 Å². The normalized spacial score (nSPS) is 24.3. The first kappa shape index (κ1) is 14.0. The van der Waals surface area contributed by atoms with Gasteiger partial charge in [-0.3, -0.25) is 14.7 Å². The Balaban J connectivity index is 2.10. The lowest BCUT2D eigenvalue weighted by Crippen LogP contribution is -2.45. The van der Waals surface area contributed by atoms with Gasteiger partial charge in [-0.25, -0.2) is 0 Å². The van der Waals surface area contributed by atoms with Crippen LogP contribution in [0.2, 0.25) is 0 Å². The van der Waals surface area contributed by atoms with Crippen molar-refractivity contribution in [3.63, 3.8) is 0 Å². The monoisotopic (exact) mass is 262 g/mol. The molecule has 0 radical (unpaired) electrons. The summed E-state index contributed by atoms with van der Waals surface area (Å²) >= 11 is 0. The summed E-state index contributed by atoms with van der Waals surface area (Å²) in [6.45, 7) is 4.15. The van der Waals surface area contributed by atoms with E-state index in [9.17, 15) is 4.79 Å². The fourth-order valence-corrected chi connectivity index (χ4v) is 2.65. The van der Waals surface area contributed by atoms with Gasteiger partial charge in [0.25, 0.3) is 0 Å². The zero-order valence-electron chi connectivity index (χ0n) is 11.4. The first-order chi connectivity index (χ1) is 9.11. The van der Waals surface area contributed by atoms with E-state index in [0.29, 0.717) is 12.6 Å². The van der Waals surface area contributed by atoms with Gasteiger partial charge >= 0.3 is 0 Å². The van der Waals surface area contributed by atoms with Crippen molar-refractivity contribution in [2.24, 2.45) is 17.4 Å². The minimum absolute atomic E-state index is 0.0332. The number of hydrogen-bond acceptors (Lipinski definition) is 4. The summed E-state index contributed by atoms with van der Waals surface area (Å²) in [5.74, 6) is -0.226. The Bertz CT molecular complexity index is 449. The summed E-state index contributed by atoms with van der Waals surface area (Å²) in [6.07, 6.45) is 3.66. The van der Waals surface area contributed by atoms with Crippen molar-refractivity contribution in [2.45, 2.75) is 38.9 Å². The highest BCUT2D eigenvalue weighted by Gasteiger charge is 2.28. The lowest BCUT2D eigenvalue weighted by molar-refractivity contribution is -0.124. The molecule has 0 aromatic carbocycles. The molecule has 0 aliphatic carbocycles. The van der Waals surface area contributed by atoms with E-state index in [1.807, 2.05) is 6.07 Å². The molecule has 1 saturated heterocycles. The number of rotatable bonds is 4. The van der Waals surface area contributed by atoms with Crippen LogP contribution in [0.15, 0.2) is 18.3 Å². The van der Waals surface area contributed by atoms with Crippen molar-refractivity contribution in [2.75, 3.05) is 6.54 Å². The van der Waals surface area contributed by atoms with Gasteiger partial charge in [0.1, 0.15) is 0 Å². The summed E-state index contributed by atoms with van der Waals surface area (Å²) in [5.41, 5.74) is 13.2. The molecule has 1 aliphatic heterocycles.